The first-order valence-corrected chi connectivity index (χ1v) is 5.70. The molecule has 0 unspecified atom stereocenters. The summed E-state index contributed by atoms with van der Waals surface area (Å²) in [6.45, 7) is 0.806. The molecule has 1 aliphatic heterocycles. The van der Waals surface area contributed by atoms with Gasteiger partial charge >= 0.3 is 0 Å². The van der Waals surface area contributed by atoms with E-state index in [1.165, 1.54) is 19.2 Å². The van der Waals surface area contributed by atoms with Crippen LogP contribution in [0.15, 0.2) is 16.9 Å². The van der Waals surface area contributed by atoms with Crippen LogP contribution in [0, 0.1) is 5.82 Å². The molecule has 0 atom stereocenters. The first-order valence-electron chi connectivity index (χ1n) is 5.70. The normalized spacial score (nSPS) is 14.6. The van der Waals surface area contributed by atoms with Crippen LogP contribution in [0.4, 0.5) is 4.39 Å². The number of aromatic nitrogens is 1. The van der Waals surface area contributed by atoms with Gasteiger partial charge < -0.3 is 14.5 Å². The summed E-state index contributed by atoms with van der Waals surface area (Å²) in [4.78, 5) is 15.4. The first kappa shape index (κ1) is 11.2. The van der Waals surface area contributed by atoms with E-state index in [9.17, 15) is 9.18 Å². The van der Waals surface area contributed by atoms with Crippen molar-refractivity contribution >= 4 is 10.9 Å². The molecule has 0 bridgehead atoms. The summed E-state index contributed by atoms with van der Waals surface area (Å²) in [5, 5.41) is 0.252. The SMILES string of the molecule is COc1ccc(F)c2[nH]c3c(c(=O)c12)COCC3. The number of rotatable bonds is 1. The van der Waals surface area contributed by atoms with E-state index in [1.807, 2.05) is 0 Å². The zero-order valence-electron chi connectivity index (χ0n) is 9.88. The van der Waals surface area contributed by atoms with Crippen LogP contribution >= 0.6 is 0 Å². The number of pyridine rings is 1. The largest absolute Gasteiger partial charge is 0.496 e. The fraction of sp³-hybridized carbons (Fsp3) is 0.308. The van der Waals surface area contributed by atoms with Crippen LogP contribution in [0.2, 0.25) is 0 Å². The van der Waals surface area contributed by atoms with E-state index in [0.29, 0.717) is 24.3 Å². The van der Waals surface area contributed by atoms with E-state index in [4.69, 9.17) is 9.47 Å². The van der Waals surface area contributed by atoms with Gasteiger partial charge in [0.05, 0.1) is 31.2 Å². The maximum atomic E-state index is 13.8. The molecule has 1 N–H and O–H groups in total. The van der Waals surface area contributed by atoms with Crippen LogP contribution in [-0.2, 0) is 17.8 Å². The van der Waals surface area contributed by atoms with E-state index in [0.717, 1.165) is 5.69 Å². The molecule has 5 heteroatoms. The van der Waals surface area contributed by atoms with Crippen LogP contribution in [-0.4, -0.2) is 18.7 Å². The molecular formula is C13H12FNO3. The van der Waals surface area contributed by atoms with Crippen molar-refractivity contribution in [1.29, 1.82) is 0 Å². The van der Waals surface area contributed by atoms with Crippen molar-refractivity contribution in [2.24, 2.45) is 0 Å². The number of ether oxygens (including phenoxy) is 2. The number of aromatic amines is 1. The Morgan fingerprint density at radius 3 is 3.06 bits per heavy atom. The minimum Gasteiger partial charge on any atom is -0.496 e. The van der Waals surface area contributed by atoms with Crippen molar-refractivity contribution in [2.75, 3.05) is 13.7 Å². The van der Waals surface area contributed by atoms with Gasteiger partial charge in [0.25, 0.3) is 0 Å². The van der Waals surface area contributed by atoms with Gasteiger partial charge in [-0.1, -0.05) is 0 Å². The van der Waals surface area contributed by atoms with Crippen molar-refractivity contribution in [3.8, 4) is 5.75 Å². The Hall–Kier alpha value is -1.88. The molecule has 0 saturated heterocycles. The Kier molecular flexibility index (Phi) is 2.56. The molecule has 4 nitrogen and oxygen atoms in total. The number of H-pyrrole nitrogens is 1. The third-order valence-electron chi connectivity index (χ3n) is 3.22. The molecule has 1 aromatic carbocycles. The van der Waals surface area contributed by atoms with Gasteiger partial charge in [0.2, 0.25) is 0 Å². The van der Waals surface area contributed by atoms with Gasteiger partial charge in [0.1, 0.15) is 11.6 Å². The summed E-state index contributed by atoms with van der Waals surface area (Å²) < 4.78 is 24.2. The molecule has 0 spiro atoms. The van der Waals surface area contributed by atoms with Gasteiger partial charge in [-0.15, -0.1) is 0 Å². The lowest BCUT2D eigenvalue weighted by Gasteiger charge is -2.17. The summed E-state index contributed by atoms with van der Waals surface area (Å²) in [6, 6.07) is 2.76. The summed E-state index contributed by atoms with van der Waals surface area (Å²) in [7, 11) is 1.46. The highest BCUT2D eigenvalue weighted by molar-refractivity contribution is 5.86. The fourth-order valence-corrected chi connectivity index (χ4v) is 2.30. The van der Waals surface area contributed by atoms with E-state index in [1.54, 1.807) is 0 Å². The van der Waals surface area contributed by atoms with E-state index in [2.05, 4.69) is 4.98 Å². The zero-order valence-corrected chi connectivity index (χ0v) is 9.88. The monoisotopic (exact) mass is 249 g/mol. The predicted octanol–water partition coefficient (Wildman–Crippen LogP) is 1.75. The highest BCUT2D eigenvalue weighted by Gasteiger charge is 2.19. The van der Waals surface area contributed by atoms with Gasteiger partial charge in [0, 0.05) is 17.7 Å². The van der Waals surface area contributed by atoms with Crippen LogP contribution in [0.3, 0.4) is 0 Å². The maximum Gasteiger partial charge on any atom is 0.199 e. The topological polar surface area (TPSA) is 51.3 Å². The number of hydrogen-bond donors (Lipinski definition) is 1. The fourth-order valence-electron chi connectivity index (χ4n) is 2.30. The summed E-state index contributed by atoms with van der Waals surface area (Å²) in [6.07, 6.45) is 0.594. The number of methoxy groups -OCH3 is 1. The van der Waals surface area contributed by atoms with Crippen molar-refractivity contribution in [3.05, 3.63) is 39.4 Å². The molecule has 1 aromatic heterocycles. The van der Waals surface area contributed by atoms with Gasteiger partial charge in [-0.2, -0.15) is 0 Å². The number of benzene rings is 1. The molecule has 3 rings (SSSR count). The van der Waals surface area contributed by atoms with E-state index in [-0.39, 0.29) is 22.9 Å². The lowest BCUT2D eigenvalue weighted by atomic mass is 10.0. The lowest BCUT2D eigenvalue weighted by molar-refractivity contribution is 0.108. The third-order valence-corrected chi connectivity index (χ3v) is 3.22. The number of fused-ring (bicyclic) bond motifs is 2. The van der Waals surface area contributed by atoms with Crippen LogP contribution in [0.1, 0.15) is 11.3 Å². The highest BCUT2D eigenvalue weighted by atomic mass is 19.1. The van der Waals surface area contributed by atoms with Crippen molar-refractivity contribution < 1.29 is 13.9 Å². The minimum atomic E-state index is -0.447. The van der Waals surface area contributed by atoms with Crippen LogP contribution in [0.25, 0.3) is 10.9 Å². The van der Waals surface area contributed by atoms with Gasteiger partial charge in [0.15, 0.2) is 5.43 Å². The lowest BCUT2D eigenvalue weighted by Crippen LogP contribution is -2.22. The minimum absolute atomic E-state index is 0.208. The Morgan fingerprint density at radius 2 is 2.28 bits per heavy atom. The van der Waals surface area contributed by atoms with E-state index >= 15 is 0 Å². The molecule has 0 radical (unpaired) electrons. The Labute approximate surface area is 102 Å². The molecule has 94 valence electrons. The quantitative estimate of drug-likeness (QED) is 0.837. The van der Waals surface area contributed by atoms with Gasteiger partial charge in [-0.25, -0.2) is 4.39 Å². The predicted molar refractivity (Wildman–Crippen MR) is 64.4 cm³/mol. The molecule has 18 heavy (non-hydrogen) atoms. The van der Waals surface area contributed by atoms with Gasteiger partial charge in [-0.05, 0) is 12.1 Å². The summed E-state index contributed by atoms with van der Waals surface area (Å²) in [5.41, 5.74) is 1.32. The standard InChI is InChI=1S/C13H12FNO3/c1-17-10-3-2-8(14)12-11(10)13(16)7-6-18-5-4-9(7)15-12/h2-3H,4-6H2,1H3,(H,15,16). The Morgan fingerprint density at radius 1 is 1.44 bits per heavy atom. The molecule has 0 saturated carbocycles. The number of halogens is 1. The molecule has 0 aliphatic carbocycles. The van der Waals surface area contributed by atoms with Crippen molar-refractivity contribution in [1.82, 2.24) is 4.98 Å². The zero-order chi connectivity index (χ0) is 12.7. The van der Waals surface area contributed by atoms with Crippen molar-refractivity contribution in [3.63, 3.8) is 0 Å². The van der Waals surface area contributed by atoms with Gasteiger partial charge in [-0.3, -0.25) is 4.79 Å². The first-order chi connectivity index (χ1) is 8.72. The van der Waals surface area contributed by atoms with Crippen LogP contribution in [0.5, 0.6) is 5.75 Å². The summed E-state index contributed by atoms with van der Waals surface area (Å²) >= 11 is 0. The molecule has 1 aliphatic rings. The molecule has 0 amide bonds. The average Bonchev–Trinajstić information content (AvgIpc) is 2.40. The molecule has 0 fully saturated rings. The molecular weight excluding hydrogens is 237 g/mol. The number of hydrogen-bond acceptors (Lipinski definition) is 3. The Balaban J connectivity index is 2.45. The highest BCUT2D eigenvalue weighted by Crippen LogP contribution is 2.26. The smallest absolute Gasteiger partial charge is 0.199 e. The second kappa shape index (κ2) is 4.10. The Bertz CT molecular complexity index is 678. The summed E-state index contributed by atoms with van der Waals surface area (Å²) in [5.74, 6) is -0.0711. The molecule has 2 aromatic rings. The average molecular weight is 249 g/mol. The van der Waals surface area contributed by atoms with E-state index < -0.39 is 5.82 Å². The maximum absolute atomic E-state index is 13.8. The number of nitrogens with one attached hydrogen (secondary N) is 1. The second-order valence-corrected chi connectivity index (χ2v) is 4.21. The van der Waals surface area contributed by atoms with Crippen LogP contribution < -0.4 is 10.2 Å². The second-order valence-electron chi connectivity index (χ2n) is 4.21. The molecule has 2 heterocycles. The van der Waals surface area contributed by atoms with Crippen molar-refractivity contribution in [2.45, 2.75) is 13.0 Å². The third kappa shape index (κ3) is 1.51.